The Hall–Kier alpha value is -2.88. The van der Waals surface area contributed by atoms with Crippen LogP contribution in [0, 0.1) is 6.92 Å². The van der Waals surface area contributed by atoms with Gasteiger partial charge in [0.2, 0.25) is 0 Å². The molecule has 4 heteroatoms. The first kappa shape index (κ1) is 18.9. The molecule has 0 bridgehead atoms. The molecule has 1 aromatic heterocycles. The van der Waals surface area contributed by atoms with E-state index in [0.717, 1.165) is 11.3 Å². The first-order valence-electron chi connectivity index (χ1n) is 9.28. The third-order valence-corrected chi connectivity index (χ3v) is 4.76. The minimum Gasteiger partial charge on any atom is -0.345 e. The Labute approximate surface area is 161 Å². The van der Waals surface area contributed by atoms with Crippen LogP contribution in [0.3, 0.4) is 0 Å². The fourth-order valence-corrected chi connectivity index (χ4v) is 3.26. The number of amides is 1. The van der Waals surface area contributed by atoms with Crippen LogP contribution in [0.1, 0.15) is 55.4 Å². The van der Waals surface area contributed by atoms with Crippen LogP contribution in [0.25, 0.3) is 11.1 Å². The summed E-state index contributed by atoms with van der Waals surface area (Å²) in [7, 11) is 0. The molecule has 3 rings (SSSR count). The molecule has 1 N–H and O–H groups in total. The van der Waals surface area contributed by atoms with Crippen LogP contribution in [0.4, 0.5) is 0 Å². The van der Waals surface area contributed by atoms with Crippen molar-refractivity contribution >= 4 is 5.91 Å². The Morgan fingerprint density at radius 2 is 1.59 bits per heavy atom. The van der Waals surface area contributed by atoms with Gasteiger partial charge in [0.1, 0.15) is 0 Å². The van der Waals surface area contributed by atoms with Gasteiger partial charge >= 0.3 is 0 Å². The SMILES string of the molecule is Cc1c(C(=O)NC(C)c2ccc(-c3ccccc3)cc2)cnn1C(C)(C)C. The summed E-state index contributed by atoms with van der Waals surface area (Å²) in [6, 6.07) is 18.5. The van der Waals surface area contributed by atoms with E-state index in [0.29, 0.717) is 5.56 Å². The van der Waals surface area contributed by atoms with E-state index in [4.69, 9.17) is 0 Å². The lowest BCUT2D eigenvalue weighted by Crippen LogP contribution is -2.28. The van der Waals surface area contributed by atoms with E-state index in [2.05, 4.69) is 67.6 Å². The summed E-state index contributed by atoms with van der Waals surface area (Å²) in [5, 5.41) is 7.47. The molecule has 27 heavy (non-hydrogen) atoms. The van der Waals surface area contributed by atoms with Gasteiger partial charge < -0.3 is 5.32 Å². The summed E-state index contributed by atoms with van der Waals surface area (Å²) in [6.07, 6.45) is 1.65. The monoisotopic (exact) mass is 361 g/mol. The van der Waals surface area contributed by atoms with E-state index in [-0.39, 0.29) is 17.5 Å². The second-order valence-electron chi connectivity index (χ2n) is 7.91. The number of nitrogens with zero attached hydrogens (tertiary/aromatic N) is 2. The molecular formula is C23H27N3O. The zero-order valence-corrected chi connectivity index (χ0v) is 16.7. The molecule has 1 amide bonds. The Morgan fingerprint density at radius 1 is 1.00 bits per heavy atom. The molecule has 0 aliphatic rings. The number of rotatable bonds is 4. The molecule has 1 heterocycles. The molecule has 1 unspecified atom stereocenters. The molecule has 0 aliphatic heterocycles. The molecule has 1 atom stereocenters. The van der Waals surface area contributed by atoms with Crippen molar-refractivity contribution < 1.29 is 4.79 Å². The van der Waals surface area contributed by atoms with Gasteiger partial charge in [0, 0.05) is 5.69 Å². The number of carbonyl (C=O) groups is 1. The van der Waals surface area contributed by atoms with Gasteiger partial charge in [0.25, 0.3) is 5.91 Å². The molecule has 0 saturated heterocycles. The van der Waals surface area contributed by atoms with Crippen molar-refractivity contribution in [3.8, 4) is 11.1 Å². The number of carbonyl (C=O) groups excluding carboxylic acids is 1. The van der Waals surface area contributed by atoms with Crippen LogP contribution in [0.2, 0.25) is 0 Å². The van der Waals surface area contributed by atoms with Crippen molar-refractivity contribution in [1.29, 1.82) is 0 Å². The molecule has 3 aromatic rings. The predicted octanol–water partition coefficient (Wildman–Crippen LogP) is 5.10. The lowest BCUT2D eigenvalue weighted by Gasteiger charge is -2.21. The lowest BCUT2D eigenvalue weighted by atomic mass is 10.0. The van der Waals surface area contributed by atoms with Gasteiger partial charge in [0.05, 0.1) is 23.3 Å². The Kier molecular flexibility index (Phi) is 5.17. The topological polar surface area (TPSA) is 46.9 Å². The average Bonchev–Trinajstić information content (AvgIpc) is 3.04. The molecule has 0 aliphatic carbocycles. The van der Waals surface area contributed by atoms with Gasteiger partial charge in [-0.25, -0.2) is 0 Å². The number of aromatic nitrogens is 2. The Bertz CT molecular complexity index is 919. The highest BCUT2D eigenvalue weighted by Crippen LogP contribution is 2.23. The molecule has 0 fully saturated rings. The van der Waals surface area contributed by atoms with Crippen LogP contribution < -0.4 is 5.32 Å². The zero-order valence-electron chi connectivity index (χ0n) is 16.7. The van der Waals surface area contributed by atoms with Crippen LogP contribution in [-0.4, -0.2) is 15.7 Å². The first-order valence-corrected chi connectivity index (χ1v) is 9.28. The molecule has 0 saturated carbocycles. The number of hydrogen-bond acceptors (Lipinski definition) is 2. The summed E-state index contributed by atoms with van der Waals surface area (Å²) in [5.41, 5.74) is 4.78. The van der Waals surface area contributed by atoms with Crippen LogP contribution >= 0.6 is 0 Å². The maximum Gasteiger partial charge on any atom is 0.255 e. The Balaban J connectivity index is 1.73. The Morgan fingerprint density at radius 3 is 2.15 bits per heavy atom. The van der Waals surface area contributed by atoms with Crippen LogP contribution in [0.5, 0.6) is 0 Å². The number of nitrogens with one attached hydrogen (secondary N) is 1. The summed E-state index contributed by atoms with van der Waals surface area (Å²) in [4.78, 5) is 12.7. The third-order valence-electron chi connectivity index (χ3n) is 4.76. The van der Waals surface area contributed by atoms with Crippen LogP contribution in [0.15, 0.2) is 60.8 Å². The van der Waals surface area contributed by atoms with Gasteiger partial charge in [-0.3, -0.25) is 9.48 Å². The quantitative estimate of drug-likeness (QED) is 0.702. The minimum atomic E-state index is -0.151. The molecular weight excluding hydrogens is 334 g/mol. The molecule has 140 valence electrons. The normalized spacial score (nSPS) is 12.6. The van der Waals surface area contributed by atoms with Crippen LogP contribution in [-0.2, 0) is 5.54 Å². The highest BCUT2D eigenvalue weighted by Gasteiger charge is 2.22. The van der Waals surface area contributed by atoms with Gasteiger partial charge in [-0.05, 0) is 51.3 Å². The van der Waals surface area contributed by atoms with Crippen molar-refractivity contribution in [3.05, 3.63) is 77.6 Å². The largest absolute Gasteiger partial charge is 0.345 e. The second kappa shape index (κ2) is 7.39. The smallest absolute Gasteiger partial charge is 0.255 e. The average molecular weight is 361 g/mol. The van der Waals surface area contributed by atoms with Gasteiger partial charge in [0.15, 0.2) is 0 Å². The van der Waals surface area contributed by atoms with E-state index in [1.165, 1.54) is 11.1 Å². The van der Waals surface area contributed by atoms with E-state index in [1.54, 1.807) is 6.20 Å². The lowest BCUT2D eigenvalue weighted by molar-refractivity contribution is 0.0939. The summed E-state index contributed by atoms with van der Waals surface area (Å²) in [5.74, 6) is -0.0948. The number of benzene rings is 2. The summed E-state index contributed by atoms with van der Waals surface area (Å²) < 4.78 is 1.89. The molecule has 4 nitrogen and oxygen atoms in total. The van der Waals surface area contributed by atoms with E-state index >= 15 is 0 Å². The van der Waals surface area contributed by atoms with Crippen molar-refractivity contribution in [2.45, 2.75) is 46.2 Å². The molecule has 2 aromatic carbocycles. The first-order chi connectivity index (χ1) is 12.8. The molecule has 0 spiro atoms. The van der Waals surface area contributed by atoms with Crippen molar-refractivity contribution in [3.63, 3.8) is 0 Å². The highest BCUT2D eigenvalue weighted by molar-refractivity contribution is 5.95. The summed E-state index contributed by atoms with van der Waals surface area (Å²) in [6.45, 7) is 10.2. The summed E-state index contributed by atoms with van der Waals surface area (Å²) >= 11 is 0. The second-order valence-corrected chi connectivity index (χ2v) is 7.91. The van der Waals surface area contributed by atoms with Gasteiger partial charge in [-0.2, -0.15) is 5.10 Å². The zero-order chi connectivity index (χ0) is 19.6. The maximum atomic E-state index is 12.7. The number of hydrogen-bond donors (Lipinski definition) is 1. The fraction of sp³-hybridized carbons (Fsp3) is 0.304. The van der Waals surface area contributed by atoms with Gasteiger partial charge in [-0.15, -0.1) is 0 Å². The van der Waals surface area contributed by atoms with Crippen molar-refractivity contribution in [2.24, 2.45) is 0 Å². The maximum absolute atomic E-state index is 12.7. The van der Waals surface area contributed by atoms with Gasteiger partial charge in [-0.1, -0.05) is 54.6 Å². The highest BCUT2D eigenvalue weighted by atomic mass is 16.1. The fourth-order valence-electron chi connectivity index (χ4n) is 3.26. The van der Waals surface area contributed by atoms with E-state index in [1.807, 2.05) is 36.7 Å². The minimum absolute atomic E-state index is 0.0836. The predicted molar refractivity (Wildman–Crippen MR) is 110 cm³/mol. The van der Waals surface area contributed by atoms with Crippen molar-refractivity contribution in [2.75, 3.05) is 0 Å². The van der Waals surface area contributed by atoms with E-state index < -0.39 is 0 Å². The molecule has 0 radical (unpaired) electrons. The van der Waals surface area contributed by atoms with Crippen molar-refractivity contribution in [1.82, 2.24) is 15.1 Å². The standard InChI is InChI=1S/C23H27N3O/c1-16(18-11-13-20(14-12-18)19-9-7-6-8-10-19)25-22(27)21-15-24-26(17(21)2)23(3,4)5/h6-16H,1-5H3,(H,25,27). The van der Waals surface area contributed by atoms with E-state index in [9.17, 15) is 4.79 Å². The third kappa shape index (κ3) is 4.11.